The minimum atomic E-state index is -0.246. The predicted octanol–water partition coefficient (Wildman–Crippen LogP) is 6.39. The summed E-state index contributed by atoms with van der Waals surface area (Å²) in [7, 11) is 0. The summed E-state index contributed by atoms with van der Waals surface area (Å²) < 4.78 is 6.01. The molecule has 0 radical (unpaired) electrons. The Bertz CT molecular complexity index is 1450. The fourth-order valence-electron chi connectivity index (χ4n) is 4.11. The molecule has 1 aromatic heterocycles. The van der Waals surface area contributed by atoms with Crippen molar-refractivity contribution in [3.05, 3.63) is 144 Å². The van der Waals surface area contributed by atoms with Gasteiger partial charge in [0, 0.05) is 35.7 Å². The summed E-state index contributed by atoms with van der Waals surface area (Å²) in [6.45, 7) is 0.383. The molecule has 0 fully saturated rings. The van der Waals surface area contributed by atoms with Crippen LogP contribution in [-0.2, 0) is 19.4 Å². The maximum atomic E-state index is 12.8. The van der Waals surface area contributed by atoms with Crippen molar-refractivity contribution >= 4 is 22.5 Å². The topological polar surface area (TPSA) is 63.6 Å². The number of benzene rings is 4. The number of fused-ring (bicyclic) bond motifs is 1. The van der Waals surface area contributed by atoms with Crippen molar-refractivity contribution in [2.45, 2.75) is 19.4 Å². The van der Waals surface area contributed by atoms with Crippen molar-refractivity contribution in [3.63, 3.8) is 0 Å². The van der Waals surface area contributed by atoms with E-state index in [-0.39, 0.29) is 5.91 Å². The minimum Gasteiger partial charge on any atom is -0.487 e. The van der Waals surface area contributed by atoms with Crippen LogP contribution in [0.15, 0.2) is 127 Å². The van der Waals surface area contributed by atoms with Crippen LogP contribution in [0.3, 0.4) is 0 Å². The van der Waals surface area contributed by atoms with Crippen LogP contribution < -0.4 is 10.2 Å². The van der Waals surface area contributed by atoms with Crippen LogP contribution >= 0.6 is 0 Å². The SMILES string of the molecule is O=C(NN=C(Cc1ccccc1)Cc1ccccc1)c1ccc(COc2cccc3cccnc23)cc1. The highest BCUT2D eigenvalue weighted by molar-refractivity contribution is 5.96. The van der Waals surface area contributed by atoms with E-state index in [9.17, 15) is 4.79 Å². The lowest BCUT2D eigenvalue weighted by atomic mass is 10.0. The van der Waals surface area contributed by atoms with Crippen LogP contribution in [0, 0.1) is 0 Å². The number of aromatic nitrogens is 1. The van der Waals surface area contributed by atoms with Crippen molar-refractivity contribution < 1.29 is 9.53 Å². The number of carbonyl (C=O) groups is 1. The van der Waals surface area contributed by atoms with Crippen molar-refractivity contribution in [3.8, 4) is 5.75 Å². The van der Waals surface area contributed by atoms with Gasteiger partial charge in [-0.3, -0.25) is 9.78 Å². The van der Waals surface area contributed by atoms with Crippen LogP contribution in [0.1, 0.15) is 27.0 Å². The molecule has 4 aromatic carbocycles. The largest absolute Gasteiger partial charge is 0.487 e. The standard InChI is InChI=1S/C32H27N3O2/c36-32(35-34-29(21-24-9-3-1-4-10-24)22-25-11-5-2-6-12-25)28-18-16-26(17-19-28)23-37-30-15-7-13-27-14-8-20-33-31(27)30/h1-20H,21-23H2,(H,35,36). The summed E-state index contributed by atoms with van der Waals surface area (Å²) in [4.78, 5) is 17.3. The molecule has 1 amide bonds. The number of amides is 1. The third-order valence-electron chi connectivity index (χ3n) is 6.02. The maximum Gasteiger partial charge on any atom is 0.271 e. The third kappa shape index (κ3) is 6.47. The number of hydrazone groups is 1. The average Bonchev–Trinajstić information content (AvgIpc) is 2.96. The van der Waals surface area contributed by atoms with Gasteiger partial charge in [-0.05, 0) is 41.0 Å². The van der Waals surface area contributed by atoms with Gasteiger partial charge in [-0.15, -0.1) is 0 Å². The molecular formula is C32H27N3O2. The summed E-state index contributed by atoms with van der Waals surface area (Å²) >= 11 is 0. The number of ether oxygens (including phenoxy) is 1. The number of carbonyl (C=O) groups excluding carboxylic acids is 1. The molecule has 0 atom stereocenters. The van der Waals surface area contributed by atoms with Gasteiger partial charge in [-0.1, -0.05) is 91.0 Å². The Morgan fingerprint density at radius 3 is 2.03 bits per heavy atom. The summed E-state index contributed by atoms with van der Waals surface area (Å²) in [5, 5.41) is 5.54. The third-order valence-corrected chi connectivity index (χ3v) is 6.02. The number of para-hydroxylation sites is 1. The molecule has 0 bridgehead atoms. The van der Waals surface area contributed by atoms with E-state index in [0.29, 0.717) is 25.0 Å². The second-order valence-electron chi connectivity index (χ2n) is 8.76. The van der Waals surface area contributed by atoms with Gasteiger partial charge < -0.3 is 4.74 Å². The molecule has 0 aliphatic rings. The lowest BCUT2D eigenvalue weighted by Crippen LogP contribution is -2.21. The molecule has 0 aliphatic carbocycles. The molecule has 0 aliphatic heterocycles. The fourth-order valence-corrected chi connectivity index (χ4v) is 4.11. The van der Waals surface area contributed by atoms with E-state index >= 15 is 0 Å². The molecule has 5 rings (SSSR count). The van der Waals surface area contributed by atoms with Gasteiger partial charge >= 0.3 is 0 Å². The van der Waals surface area contributed by atoms with E-state index in [2.05, 4.69) is 39.8 Å². The molecule has 5 aromatic rings. The van der Waals surface area contributed by atoms with Crippen LogP contribution in [0.25, 0.3) is 10.9 Å². The zero-order valence-electron chi connectivity index (χ0n) is 20.4. The molecule has 37 heavy (non-hydrogen) atoms. The molecule has 5 nitrogen and oxygen atoms in total. The van der Waals surface area contributed by atoms with Crippen molar-refractivity contribution in [1.82, 2.24) is 10.4 Å². The van der Waals surface area contributed by atoms with Crippen LogP contribution in [0.2, 0.25) is 0 Å². The number of rotatable bonds is 9. The maximum absolute atomic E-state index is 12.8. The molecule has 0 spiro atoms. The number of pyridine rings is 1. The second kappa shape index (κ2) is 11.8. The zero-order valence-corrected chi connectivity index (χ0v) is 20.4. The van der Waals surface area contributed by atoms with Crippen LogP contribution in [0.4, 0.5) is 0 Å². The molecule has 1 heterocycles. The predicted molar refractivity (Wildman–Crippen MR) is 148 cm³/mol. The van der Waals surface area contributed by atoms with E-state index < -0.39 is 0 Å². The lowest BCUT2D eigenvalue weighted by molar-refractivity contribution is 0.0954. The monoisotopic (exact) mass is 485 g/mol. The van der Waals surface area contributed by atoms with Gasteiger partial charge in [0.25, 0.3) is 5.91 Å². The van der Waals surface area contributed by atoms with Gasteiger partial charge in [-0.25, -0.2) is 5.43 Å². The Kier molecular flexibility index (Phi) is 7.62. The van der Waals surface area contributed by atoms with Crippen LogP contribution in [0.5, 0.6) is 5.75 Å². The van der Waals surface area contributed by atoms with Gasteiger partial charge in [0.05, 0.1) is 0 Å². The smallest absolute Gasteiger partial charge is 0.271 e. The van der Waals surface area contributed by atoms with Gasteiger partial charge in [-0.2, -0.15) is 5.10 Å². The summed E-state index contributed by atoms with van der Waals surface area (Å²) in [6, 6.07) is 37.5. The molecule has 0 unspecified atom stereocenters. The first kappa shape index (κ1) is 23.9. The van der Waals surface area contributed by atoms with Gasteiger partial charge in [0.2, 0.25) is 0 Å². The summed E-state index contributed by atoms with van der Waals surface area (Å²) in [5.41, 5.74) is 8.27. The first-order valence-electron chi connectivity index (χ1n) is 12.2. The van der Waals surface area contributed by atoms with E-state index in [0.717, 1.165) is 39.1 Å². The number of nitrogens with zero attached hydrogens (tertiary/aromatic N) is 2. The zero-order chi connectivity index (χ0) is 25.3. The Morgan fingerprint density at radius 1 is 0.703 bits per heavy atom. The second-order valence-corrected chi connectivity index (χ2v) is 8.76. The van der Waals surface area contributed by atoms with E-state index in [4.69, 9.17) is 4.74 Å². The quantitative estimate of drug-likeness (QED) is 0.194. The molecule has 0 saturated heterocycles. The normalized spacial score (nSPS) is 10.6. The Hall–Kier alpha value is -4.77. The first-order chi connectivity index (χ1) is 18.2. The van der Waals surface area contributed by atoms with E-state index in [1.54, 1.807) is 18.3 Å². The fraction of sp³-hybridized carbons (Fsp3) is 0.0938. The Morgan fingerprint density at radius 2 is 1.35 bits per heavy atom. The summed E-state index contributed by atoms with van der Waals surface area (Å²) in [6.07, 6.45) is 3.08. The van der Waals surface area contributed by atoms with Crippen molar-refractivity contribution in [2.24, 2.45) is 5.10 Å². The lowest BCUT2D eigenvalue weighted by Gasteiger charge is -2.10. The molecular weight excluding hydrogens is 458 g/mol. The Labute approximate surface area is 216 Å². The molecule has 182 valence electrons. The van der Waals surface area contributed by atoms with Crippen molar-refractivity contribution in [1.29, 1.82) is 0 Å². The summed E-state index contributed by atoms with van der Waals surface area (Å²) in [5.74, 6) is 0.489. The molecule has 0 saturated carbocycles. The first-order valence-corrected chi connectivity index (χ1v) is 12.2. The van der Waals surface area contributed by atoms with Crippen molar-refractivity contribution in [2.75, 3.05) is 0 Å². The van der Waals surface area contributed by atoms with Gasteiger partial charge in [0.15, 0.2) is 0 Å². The van der Waals surface area contributed by atoms with Gasteiger partial charge in [0.1, 0.15) is 17.9 Å². The highest BCUT2D eigenvalue weighted by Crippen LogP contribution is 2.24. The molecule has 1 N–H and O–H groups in total. The Balaban J connectivity index is 1.24. The highest BCUT2D eigenvalue weighted by atomic mass is 16.5. The van der Waals surface area contributed by atoms with E-state index in [1.165, 1.54) is 0 Å². The average molecular weight is 486 g/mol. The highest BCUT2D eigenvalue weighted by Gasteiger charge is 2.09. The van der Waals surface area contributed by atoms with Crippen LogP contribution in [-0.4, -0.2) is 16.6 Å². The minimum absolute atomic E-state index is 0.246. The van der Waals surface area contributed by atoms with E-state index in [1.807, 2.05) is 78.9 Å². The number of nitrogens with one attached hydrogen (secondary N) is 1. The molecule has 5 heteroatoms. The number of hydrogen-bond donors (Lipinski definition) is 1. The number of hydrogen-bond acceptors (Lipinski definition) is 4.